The minimum Gasteiger partial charge on any atom is -0.489 e. The van der Waals surface area contributed by atoms with Crippen LogP contribution in [-0.2, 0) is 13.2 Å². The van der Waals surface area contributed by atoms with Gasteiger partial charge < -0.3 is 46.6 Å². The number of aryl methyl sites for hydroxylation is 3. The van der Waals surface area contributed by atoms with Gasteiger partial charge in [-0.25, -0.2) is 0 Å². The van der Waals surface area contributed by atoms with Crippen LogP contribution in [0.4, 0.5) is 46.7 Å². The molecule has 0 fully saturated rings. The average Bonchev–Trinajstić information content (AvgIpc) is 2.46. The lowest BCUT2D eigenvalue weighted by Crippen LogP contribution is -2.08. The Balaban J connectivity index is 0.000000133. The van der Waals surface area contributed by atoms with Crippen molar-refractivity contribution in [2.24, 2.45) is 0 Å². The van der Waals surface area contributed by atoms with Crippen LogP contribution in [0.2, 0.25) is 0 Å². The summed E-state index contributed by atoms with van der Waals surface area (Å²) >= 11 is 0. The Kier molecular flexibility index (Phi) is 17.6. The Hall–Kier alpha value is -12.8. The molecule has 0 aliphatic heterocycles. The van der Waals surface area contributed by atoms with Crippen LogP contribution in [0.1, 0.15) is 27.8 Å². The Morgan fingerprint density at radius 2 is 1.01 bits per heavy atom. The van der Waals surface area contributed by atoms with Gasteiger partial charge in [-0.1, -0.05) is 54.6 Å². The lowest BCUT2D eigenvalue weighted by atomic mass is 10.1. The predicted octanol–water partition coefficient (Wildman–Crippen LogP) is 13.3. The summed E-state index contributed by atoms with van der Waals surface area (Å²) in [7, 11) is 0. The normalized spacial score (nSPS) is 10.8. The molecule has 0 aliphatic rings. The van der Waals surface area contributed by atoms with E-state index in [4.69, 9.17) is 25.7 Å². The van der Waals surface area contributed by atoms with E-state index in [2.05, 4.69) is 86.4 Å². The molecule has 0 saturated carbocycles. The van der Waals surface area contributed by atoms with Gasteiger partial charge in [0.05, 0.1) is 0 Å². The smallest absolute Gasteiger partial charge is 0.248 e. The van der Waals surface area contributed by atoms with Crippen molar-refractivity contribution in [2.45, 2.75) is 34.0 Å². The van der Waals surface area contributed by atoms with Crippen LogP contribution < -0.4 is 47.2 Å². The molecule has 0 spiro atoms. The topological polar surface area (TPSA) is 325 Å². The monoisotopic (exact) mass is 1210 g/mol. The highest BCUT2D eigenvalue weighted by Crippen LogP contribution is 2.36. The van der Waals surface area contributed by atoms with E-state index in [1.54, 1.807) is 30.9 Å². The molecule has 7 heterocycles. The second-order valence-electron chi connectivity index (χ2n) is 20.8. The lowest BCUT2D eigenvalue weighted by Gasteiger charge is -2.11. The first-order chi connectivity index (χ1) is 44.4. The molecule has 91 heavy (non-hydrogen) atoms. The maximum Gasteiger partial charge on any atom is 0.248 e. The van der Waals surface area contributed by atoms with Crippen LogP contribution >= 0.6 is 0 Å². The number of para-hydroxylation sites is 1. The zero-order valence-corrected chi connectivity index (χ0v) is 49.4. The number of pyridine rings is 3. The van der Waals surface area contributed by atoms with Gasteiger partial charge in [-0.3, -0.25) is 30.1 Å². The standard InChI is InChI=1S/C25H21N5O2.C22H19N9O.C21H19N5O/c1-16-5-4-6-19(13-16)26-25-28-24(29-30-25)17-9-11-20(12-10-17)32-15-18-14-23(31)27-22-8-3-2-7-21(18)22;1-12-3-2-4-13(9-12)26-22-29-20(30-31-22)15-5-6-17(16-11-25-8-7-14(15)16)32-19-10-18(23)27-21(24)28-19;1-15-3-2-4-18(13-15)23-21-24-20(25-26-21)17-5-7-19(8-6-17)27-14-16-9-11-22-12-10-16/h2-14H,15H2,1H3,(H,27,31)(H2,26,28,29,30);2-11H,1H3,(H4,23,24,27,28)(H2,26,29,30,31);2-13H,14H2,1H3,(H2,23,24,25,26). The number of hydrogen-bond acceptors (Lipinski definition) is 19. The minimum atomic E-state index is -0.141. The number of hydrogen-bond donors (Lipinski definition) is 9. The van der Waals surface area contributed by atoms with E-state index in [9.17, 15) is 4.79 Å². The molecule has 0 atom stereocenters. The fraction of sp³-hybridized carbons (Fsp3) is 0.0735. The van der Waals surface area contributed by atoms with Crippen molar-refractivity contribution in [2.75, 3.05) is 27.4 Å². The molecule has 23 nitrogen and oxygen atoms in total. The predicted molar refractivity (Wildman–Crippen MR) is 353 cm³/mol. The maximum absolute atomic E-state index is 11.9. The van der Waals surface area contributed by atoms with Crippen LogP contribution in [0.15, 0.2) is 218 Å². The third kappa shape index (κ3) is 15.3. The van der Waals surface area contributed by atoms with E-state index in [1.807, 2.05) is 197 Å². The summed E-state index contributed by atoms with van der Waals surface area (Å²) in [5.74, 6) is 6.04. The van der Waals surface area contributed by atoms with Crippen molar-refractivity contribution in [1.82, 2.24) is 70.5 Å². The summed E-state index contributed by atoms with van der Waals surface area (Å²) in [5, 5.41) is 33.9. The van der Waals surface area contributed by atoms with Crippen LogP contribution in [0, 0.1) is 20.8 Å². The number of nitrogens with two attached hydrogens (primary N) is 2. The summed E-state index contributed by atoms with van der Waals surface area (Å²) in [6, 6.07) is 59.7. The highest BCUT2D eigenvalue weighted by molar-refractivity contribution is 5.98. The first-order valence-corrected chi connectivity index (χ1v) is 28.6. The zero-order valence-electron chi connectivity index (χ0n) is 49.4. The van der Waals surface area contributed by atoms with Gasteiger partial charge in [0.2, 0.25) is 35.2 Å². The van der Waals surface area contributed by atoms with Crippen molar-refractivity contribution < 1.29 is 14.2 Å². The van der Waals surface area contributed by atoms with Crippen LogP contribution in [-0.4, -0.2) is 70.5 Å². The molecule has 0 saturated heterocycles. The average molecular weight is 1210 g/mol. The van der Waals surface area contributed by atoms with Crippen molar-refractivity contribution in [3.8, 4) is 57.3 Å². The van der Waals surface area contributed by atoms with Gasteiger partial charge in [-0.15, -0.1) is 15.3 Å². The highest BCUT2D eigenvalue weighted by Gasteiger charge is 2.16. The first kappa shape index (κ1) is 58.6. The van der Waals surface area contributed by atoms with Gasteiger partial charge in [0.25, 0.3) is 0 Å². The Bertz CT molecular complexity index is 4820. The van der Waals surface area contributed by atoms with E-state index < -0.39 is 0 Å². The number of rotatable bonds is 17. The van der Waals surface area contributed by atoms with Gasteiger partial charge in [-0.2, -0.15) is 24.9 Å². The van der Waals surface area contributed by atoms with Crippen molar-refractivity contribution in [3.05, 3.63) is 251 Å². The molecule has 450 valence electrons. The van der Waals surface area contributed by atoms with Gasteiger partial charge >= 0.3 is 0 Å². The third-order valence-corrected chi connectivity index (χ3v) is 13.9. The number of benzene rings is 7. The van der Waals surface area contributed by atoms with Gasteiger partial charge in [0.1, 0.15) is 36.3 Å². The van der Waals surface area contributed by atoms with Crippen LogP contribution in [0.3, 0.4) is 0 Å². The molecular formula is C68H59N19O4. The number of nitrogens with one attached hydrogen (secondary N) is 7. The molecule has 23 heteroatoms. The first-order valence-electron chi connectivity index (χ1n) is 28.6. The molecule has 0 amide bonds. The van der Waals surface area contributed by atoms with Gasteiger partial charge in [-0.05, 0) is 170 Å². The Labute approximate surface area is 520 Å². The summed E-state index contributed by atoms with van der Waals surface area (Å²) in [6.07, 6.45) is 6.94. The molecule has 11 N–H and O–H groups in total. The quantitative estimate of drug-likeness (QED) is 0.0409. The molecule has 0 radical (unpaired) electrons. The van der Waals surface area contributed by atoms with E-state index in [1.165, 1.54) is 11.6 Å². The number of ether oxygens (including phenoxy) is 3. The number of nitrogen functional groups attached to an aromatic ring is 2. The third-order valence-electron chi connectivity index (χ3n) is 13.9. The fourth-order valence-corrected chi connectivity index (χ4v) is 9.59. The van der Waals surface area contributed by atoms with Gasteiger partial charge in [0, 0.05) is 92.5 Å². The Morgan fingerprint density at radius 3 is 1.58 bits per heavy atom. The molecule has 0 aliphatic carbocycles. The highest BCUT2D eigenvalue weighted by atomic mass is 16.5. The second-order valence-corrected chi connectivity index (χ2v) is 20.8. The molecule has 7 aromatic carbocycles. The zero-order chi connectivity index (χ0) is 62.5. The second kappa shape index (κ2) is 27.3. The lowest BCUT2D eigenvalue weighted by molar-refractivity contribution is 0.306. The van der Waals surface area contributed by atoms with E-state index in [-0.39, 0.29) is 23.2 Å². The summed E-state index contributed by atoms with van der Waals surface area (Å²) in [5.41, 5.74) is 23.0. The molecule has 0 bridgehead atoms. The summed E-state index contributed by atoms with van der Waals surface area (Å²) in [4.78, 5) is 44.5. The fourth-order valence-electron chi connectivity index (χ4n) is 9.59. The molecule has 14 aromatic rings. The van der Waals surface area contributed by atoms with Crippen molar-refractivity contribution >= 4 is 68.3 Å². The number of nitrogens with zero attached hydrogens (tertiary/aromatic N) is 10. The van der Waals surface area contributed by atoms with Crippen LogP contribution in [0.5, 0.6) is 23.1 Å². The summed E-state index contributed by atoms with van der Waals surface area (Å²) < 4.78 is 17.7. The van der Waals surface area contributed by atoms with Crippen LogP contribution in [0.25, 0.3) is 55.8 Å². The SMILES string of the molecule is Cc1cccc(Nc2n[nH]c(-c3ccc(OCc4cc(=O)[nH]c5ccccc45)cc3)n2)c1.Cc1cccc(Nc2n[nH]c(-c3ccc(OCc4ccncc4)cc3)n2)c1.Cc1cccc(Nc2n[nH]c(-c3ccc(Oc4cc(N)nc(N)n4)c4cnccc34)n2)c1. The summed E-state index contributed by atoms with van der Waals surface area (Å²) in [6.45, 7) is 6.93. The number of aromatic nitrogens is 14. The maximum atomic E-state index is 11.9. The Morgan fingerprint density at radius 1 is 0.473 bits per heavy atom. The van der Waals surface area contributed by atoms with Crippen molar-refractivity contribution in [3.63, 3.8) is 0 Å². The molecule has 14 rings (SSSR count). The van der Waals surface area contributed by atoms with E-state index >= 15 is 0 Å². The molecule has 0 unspecified atom stereocenters. The van der Waals surface area contributed by atoms with E-state index in [0.29, 0.717) is 60.0 Å². The number of H-pyrrole nitrogens is 4. The van der Waals surface area contributed by atoms with E-state index in [0.717, 1.165) is 83.4 Å². The number of fused-ring (bicyclic) bond motifs is 2. The van der Waals surface area contributed by atoms with Gasteiger partial charge in [0.15, 0.2) is 17.5 Å². The molecular weight excluding hydrogens is 1150 g/mol. The number of anilines is 8. The number of aromatic amines is 4. The van der Waals surface area contributed by atoms with Crippen molar-refractivity contribution in [1.29, 1.82) is 0 Å². The largest absolute Gasteiger partial charge is 0.489 e. The molecule has 7 aromatic heterocycles. The minimum absolute atomic E-state index is 0.0364.